The van der Waals surface area contributed by atoms with Gasteiger partial charge in [0.1, 0.15) is 17.1 Å². The van der Waals surface area contributed by atoms with Crippen molar-refractivity contribution in [2.75, 3.05) is 28.7 Å². The number of aromatic nitrogens is 3. The number of nitrogens with two attached hydrogens (primary N) is 3. The number of nitrogens with one attached hydrogen (secondary N) is 1. The summed E-state index contributed by atoms with van der Waals surface area (Å²) in [4.78, 5) is 63.5. The SMILES string of the molecule is CC(O/N=C(\C(=O)NC1C(=O)N2C(C(=O)[O-])=C(CSc3nc(N)cc(N)[n+]3C)CS[C@H]12)c1csc(N)n1)C(=O)O. The number of nitrogens with zero attached hydrogens (tertiary/aromatic N) is 5. The van der Waals surface area contributed by atoms with Crippen LogP contribution in [0.5, 0.6) is 0 Å². The van der Waals surface area contributed by atoms with Gasteiger partial charge >= 0.3 is 11.1 Å². The number of amides is 2. The van der Waals surface area contributed by atoms with E-state index in [-0.39, 0.29) is 33.8 Å². The Balaban J connectivity index is 1.52. The molecule has 2 aromatic heterocycles. The molecule has 3 atom stereocenters. The molecule has 0 spiro atoms. The topological polar surface area (TPSA) is 256 Å². The molecule has 0 aromatic carbocycles. The second kappa shape index (κ2) is 11.6. The minimum Gasteiger partial charge on any atom is -0.543 e. The number of hydrogen-bond acceptors (Lipinski definition) is 15. The van der Waals surface area contributed by atoms with E-state index in [1.807, 2.05) is 0 Å². The first kappa shape index (κ1) is 28.9. The Morgan fingerprint density at radius 2 is 2.10 bits per heavy atom. The molecule has 2 amide bonds. The van der Waals surface area contributed by atoms with Crippen LogP contribution in [-0.2, 0) is 31.1 Å². The molecule has 1 fully saturated rings. The normalized spacial score (nSPS) is 19.5. The average molecular weight is 610 g/mol. The van der Waals surface area contributed by atoms with Crippen molar-refractivity contribution < 1.29 is 38.8 Å². The smallest absolute Gasteiger partial charge is 0.347 e. The lowest BCUT2D eigenvalue weighted by Gasteiger charge is -2.50. The van der Waals surface area contributed by atoms with Crippen LogP contribution in [0.4, 0.5) is 16.8 Å². The van der Waals surface area contributed by atoms with E-state index in [0.717, 1.165) is 16.2 Å². The Bertz CT molecular complexity index is 1460. The van der Waals surface area contributed by atoms with Gasteiger partial charge in [0.05, 0.1) is 24.8 Å². The first-order valence-electron chi connectivity index (χ1n) is 11.3. The highest BCUT2D eigenvalue weighted by Crippen LogP contribution is 2.41. The number of β-lactam (4-membered cyclic amide) rings is 1. The standard InChI is InChI=1S/C21H23N9O7S3/c1-7(18(33)34)37-28-12(9-6-39-20(24)25-9)15(31)27-13-16(32)30-14(19(35)36)8(4-38-17(13)30)5-40-21-26-10(22)3-11(23)29(21)2/h3,6-7,13,17H,4-5H2,1-2H3,(H8,22,23,24,25,27,31,33,34,35,36)/b28-12-/t7?,13?,17-/m1/s1. The molecule has 2 aliphatic heterocycles. The zero-order chi connectivity index (χ0) is 29.3. The third kappa shape index (κ3) is 5.75. The van der Waals surface area contributed by atoms with Gasteiger partial charge in [0.15, 0.2) is 10.8 Å². The number of carbonyl (C=O) groups is 4. The molecule has 0 saturated carbocycles. The highest BCUT2D eigenvalue weighted by molar-refractivity contribution is 8.01. The second-order valence-electron chi connectivity index (χ2n) is 8.43. The summed E-state index contributed by atoms with van der Waals surface area (Å²) in [5.41, 5.74) is 17.1. The number of thiazole rings is 1. The summed E-state index contributed by atoms with van der Waals surface area (Å²) >= 11 is 3.45. The van der Waals surface area contributed by atoms with Gasteiger partial charge < -0.3 is 42.4 Å². The summed E-state index contributed by atoms with van der Waals surface area (Å²) in [5, 5.41) is 28.5. The van der Waals surface area contributed by atoms with E-state index in [2.05, 4.69) is 20.4 Å². The third-order valence-electron chi connectivity index (χ3n) is 5.73. The zero-order valence-electron chi connectivity index (χ0n) is 20.9. The molecule has 0 aliphatic carbocycles. The Labute approximate surface area is 238 Å². The lowest BCUT2D eigenvalue weighted by atomic mass is 10.0. The van der Waals surface area contributed by atoms with E-state index < -0.39 is 47.0 Å². The number of rotatable bonds is 10. The Morgan fingerprint density at radius 3 is 2.73 bits per heavy atom. The van der Waals surface area contributed by atoms with Crippen molar-refractivity contribution >= 4 is 81.1 Å². The van der Waals surface area contributed by atoms with Gasteiger partial charge in [0.25, 0.3) is 11.8 Å². The molecule has 40 heavy (non-hydrogen) atoms. The van der Waals surface area contributed by atoms with Crippen LogP contribution in [0, 0.1) is 0 Å². The van der Waals surface area contributed by atoms with Gasteiger partial charge in [-0.25, -0.2) is 14.3 Å². The molecule has 0 radical (unpaired) electrons. The number of oxime groups is 1. The maximum absolute atomic E-state index is 13.1. The third-order valence-corrected chi connectivity index (χ3v) is 8.86. The maximum atomic E-state index is 13.1. The summed E-state index contributed by atoms with van der Waals surface area (Å²) < 4.78 is 1.59. The van der Waals surface area contributed by atoms with E-state index in [1.165, 1.54) is 41.9 Å². The Hall–Kier alpha value is -4.10. The average Bonchev–Trinajstić information content (AvgIpc) is 3.33. The van der Waals surface area contributed by atoms with E-state index >= 15 is 0 Å². The fourth-order valence-electron chi connectivity index (χ4n) is 3.63. The second-order valence-corrected chi connectivity index (χ2v) is 11.4. The molecule has 0 bridgehead atoms. The van der Waals surface area contributed by atoms with Crippen molar-refractivity contribution in [3.63, 3.8) is 0 Å². The molecule has 4 rings (SSSR count). The molecule has 2 aromatic rings. The van der Waals surface area contributed by atoms with Gasteiger partial charge in [0, 0.05) is 16.9 Å². The summed E-state index contributed by atoms with van der Waals surface area (Å²) in [5.74, 6) is -3.47. The number of carboxylic acid groups (broad SMARTS) is 2. The Morgan fingerprint density at radius 1 is 1.38 bits per heavy atom. The van der Waals surface area contributed by atoms with Crippen LogP contribution < -0.4 is 32.2 Å². The number of carbonyl (C=O) groups excluding carboxylic acids is 3. The van der Waals surface area contributed by atoms with Crippen molar-refractivity contribution in [1.82, 2.24) is 20.2 Å². The number of anilines is 3. The highest BCUT2D eigenvalue weighted by atomic mass is 32.2. The molecule has 8 N–H and O–H groups in total. The fraction of sp³-hybridized carbons (Fsp3) is 0.333. The monoisotopic (exact) mass is 609 g/mol. The summed E-state index contributed by atoms with van der Waals surface area (Å²) in [7, 11) is 1.68. The van der Waals surface area contributed by atoms with Crippen LogP contribution in [0.3, 0.4) is 0 Å². The van der Waals surface area contributed by atoms with Crippen molar-refractivity contribution in [1.29, 1.82) is 0 Å². The predicted molar refractivity (Wildman–Crippen MR) is 143 cm³/mol. The maximum Gasteiger partial charge on any atom is 0.347 e. The molecule has 2 aliphatic rings. The van der Waals surface area contributed by atoms with Crippen molar-refractivity contribution in [3.8, 4) is 0 Å². The minimum absolute atomic E-state index is 0.0103. The molecular formula is C21H23N9O7S3. The van der Waals surface area contributed by atoms with Crippen molar-refractivity contribution in [2.45, 2.75) is 29.6 Å². The van der Waals surface area contributed by atoms with E-state index in [1.54, 1.807) is 11.6 Å². The molecule has 4 heterocycles. The van der Waals surface area contributed by atoms with Gasteiger partial charge in [-0.1, -0.05) is 10.1 Å². The van der Waals surface area contributed by atoms with Gasteiger partial charge in [-0.05, 0) is 24.3 Å². The number of nitrogen functional groups attached to an aromatic ring is 3. The fourth-order valence-corrected chi connectivity index (χ4v) is 6.66. The first-order valence-corrected chi connectivity index (χ1v) is 14.2. The lowest BCUT2D eigenvalue weighted by molar-refractivity contribution is -0.698. The van der Waals surface area contributed by atoms with Crippen LogP contribution >= 0.6 is 34.9 Å². The van der Waals surface area contributed by atoms with Crippen LogP contribution in [0.15, 0.2) is 33.0 Å². The van der Waals surface area contributed by atoms with Gasteiger partial charge in [-0.2, -0.15) is 0 Å². The summed E-state index contributed by atoms with van der Waals surface area (Å²) in [6.45, 7) is 1.21. The Kier molecular flexibility index (Phi) is 8.35. The molecule has 1 saturated heterocycles. The van der Waals surface area contributed by atoms with Crippen LogP contribution in [-0.4, -0.2) is 78.5 Å². The molecular weight excluding hydrogens is 586 g/mol. The number of aliphatic carboxylic acids is 2. The van der Waals surface area contributed by atoms with Crippen molar-refractivity contribution in [3.05, 3.63) is 28.4 Å². The highest BCUT2D eigenvalue weighted by Gasteiger charge is 2.53. The summed E-state index contributed by atoms with van der Waals surface area (Å²) in [6.07, 6.45) is -1.37. The zero-order valence-corrected chi connectivity index (χ0v) is 23.3. The van der Waals surface area contributed by atoms with Crippen LogP contribution in [0.2, 0.25) is 0 Å². The van der Waals surface area contributed by atoms with Gasteiger partial charge in [-0.3, -0.25) is 14.5 Å². The minimum atomic E-state index is -1.54. The van der Waals surface area contributed by atoms with E-state index in [4.69, 9.17) is 27.1 Å². The molecule has 2 unspecified atom stereocenters. The van der Waals surface area contributed by atoms with Crippen LogP contribution in [0.25, 0.3) is 0 Å². The van der Waals surface area contributed by atoms with E-state index in [9.17, 15) is 24.3 Å². The number of carboxylic acids is 2. The predicted octanol–water partition coefficient (Wildman–Crippen LogP) is -2.50. The quantitative estimate of drug-likeness (QED) is 0.0466. The largest absolute Gasteiger partial charge is 0.543 e. The van der Waals surface area contributed by atoms with Crippen LogP contribution in [0.1, 0.15) is 12.6 Å². The summed E-state index contributed by atoms with van der Waals surface area (Å²) in [6, 6.07) is 0.384. The van der Waals surface area contributed by atoms with E-state index in [0.29, 0.717) is 16.5 Å². The molecule has 212 valence electrons. The molecule has 16 nitrogen and oxygen atoms in total. The lowest BCUT2D eigenvalue weighted by Crippen LogP contribution is -2.71. The number of hydrogen-bond donors (Lipinski definition) is 5. The van der Waals surface area contributed by atoms with Gasteiger partial charge in [-0.15, -0.1) is 23.1 Å². The van der Waals surface area contributed by atoms with Crippen molar-refractivity contribution in [2.24, 2.45) is 12.2 Å². The number of fused-ring (bicyclic) bond motifs is 1. The molecule has 19 heteroatoms. The first-order chi connectivity index (χ1) is 18.9. The van der Waals surface area contributed by atoms with Gasteiger partial charge in [0.2, 0.25) is 17.7 Å². The number of thioether (sulfide) groups is 2.